The predicted octanol–water partition coefficient (Wildman–Crippen LogP) is 3.64. The molecule has 6 heteroatoms. The molecule has 0 unspecified atom stereocenters. The summed E-state index contributed by atoms with van der Waals surface area (Å²) in [7, 11) is 0. The molecule has 0 spiro atoms. The maximum Gasteiger partial charge on any atom is 0.141 e. The number of aromatic nitrogens is 3. The first kappa shape index (κ1) is 16.3. The number of nitrogens with zero attached hydrogens (tertiary/aromatic N) is 4. The summed E-state index contributed by atoms with van der Waals surface area (Å²) < 4.78 is 7.45. The van der Waals surface area contributed by atoms with Crippen LogP contribution < -0.4 is 4.74 Å². The van der Waals surface area contributed by atoms with Crippen molar-refractivity contribution in [3.8, 4) is 5.75 Å². The summed E-state index contributed by atoms with van der Waals surface area (Å²) in [6.45, 7) is 2.73. The fraction of sp³-hybridized carbons (Fsp3) is 0.167. The van der Waals surface area contributed by atoms with Crippen molar-refractivity contribution >= 4 is 18.0 Å². The van der Waals surface area contributed by atoms with Gasteiger partial charge in [0, 0.05) is 16.2 Å². The first-order valence-corrected chi connectivity index (χ1v) is 8.60. The first-order chi connectivity index (χ1) is 11.8. The maximum absolute atomic E-state index is 5.90. The van der Waals surface area contributed by atoms with Crippen molar-refractivity contribution in [3.05, 3.63) is 72.3 Å². The summed E-state index contributed by atoms with van der Waals surface area (Å²) >= 11 is 1.79. The molecule has 0 fully saturated rings. The lowest BCUT2D eigenvalue weighted by atomic mass is 10.2. The van der Waals surface area contributed by atoms with Gasteiger partial charge in [-0.05, 0) is 31.2 Å². The molecule has 1 heterocycles. The van der Waals surface area contributed by atoms with Gasteiger partial charge < -0.3 is 4.74 Å². The van der Waals surface area contributed by atoms with E-state index in [0.717, 1.165) is 17.1 Å². The number of aryl methyl sites for hydroxylation is 1. The number of benzene rings is 2. The van der Waals surface area contributed by atoms with Gasteiger partial charge in [0.25, 0.3) is 0 Å². The minimum Gasteiger partial charge on any atom is -0.492 e. The highest BCUT2D eigenvalue weighted by molar-refractivity contribution is 7.99. The molecule has 0 aliphatic heterocycles. The molecule has 0 aliphatic rings. The van der Waals surface area contributed by atoms with E-state index >= 15 is 0 Å². The molecule has 0 amide bonds. The number of thioether (sulfide) groups is 1. The molecule has 0 saturated carbocycles. The molecule has 0 N–H and O–H groups in total. The summed E-state index contributed by atoms with van der Waals surface area (Å²) in [6, 6.07) is 16.4. The van der Waals surface area contributed by atoms with Gasteiger partial charge in [-0.2, -0.15) is 5.10 Å². The van der Waals surface area contributed by atoms with E-state index in [1.807, 2.05) is 24.3 Å². The van der Waals surface area contributed by atoms with Crippen LogP contribution in [0.2, 0.25) is 0 Å². The lowest BCUT2D eigenvalue weighted by Gasteiger charge is -2.09. The number of hydrogen-bond donors (Lipinski definition) is 0. The number of ether oxygens (including phenoxy) is 1. The van der Waals surface area contributed by atoms with Gasteiger partial charge >= 0.3 is 0 Å². The minimum atomic E-state index is 0.635. The second kappa shape index (κ2) is 8.31. The highest BCUT2D eigenvalue weighted by atomic mass is 32.2. The van der Waals surface area contributed by atoms with Crippen molar-refractivity contribution in [2.75, 3.05) is 12.4 Å². The van der Waals surface area contributed by atoms with Crippen LogP contribution in [0.4, 0.5) is 0 Å². The molecule has 5 nitrogen and oxygen atoms in total. The smallest absolute Gasteiger partial charge is 0.141 e. The van der Waals surface area contributed by atoms with E-state index in [2.05, 4.69) is 46.5 Å². The van der Waals surface area contributed by atoms with Crippen molar-refractivity contribution in [3.63, 3.8) is 0 Å². The Balaban J connectivity index is 1.54. The molecule has 0 aliphatic carbocycles. The standard InChI is InChI=1S/C18H18N4OS/c1-15-6-8-17(9-7-15)24-11-10-23-18-5-3-2-4-16(18)12-21-22-13-19-20-14-22/h2-9,12-14H,10-11H2,1H3. The maximum atomic E-state index is 5.90. The topological polar surface area (TPSA) is 52.3 Å². The average molecular weight is 338 g/mol. The molecule has 122 valence electrons. The third-order valence-electron chi connectivity index (χ3n) is 3.29. The van der Waals surface area contributed by atoms with Crippen LogP contribution in [-0.2, 0) is 0 Å². The van der Waals surface area contributed by atoms with Gasteiger partial charge in [0.2, 0.25) is 0 Å². The fourth-order valence-electron chi connectivity index (χ4n) is 2.05. The molecule has 0 bridgehead atoms. The van der Waals surface area contributed by atoms with Gasteiger partial charge in [0.1, 0.15) is 18.4 Å². The Morgan fingerprint density at radius 2 is 1.83 bits per heavy atom. The number of hydrogen-bond acceptors (Lipinski definition) is 5. The number of para-hydroxylation sites is 1. The quantitative estimate of drug-likeness (QED) is 0.375. The van der Waals surface area contributed by atoms with E-state index in [4.69, 9.17) is 4.74 Å². The lowest BCUT2D eigenvalue weighted by molar-refractivity contribution is 0.343. The van der Waals surface area contributed by atoms with Crippen LogP contribution in [0.3, 0.4) is 0 Å². The minimum absolute atomic E-state index is 0.635. The largest absolute Gasteiger partial charge is 0.492 e. The third-order valence-corrected chi connectivity index (χ3v) is 4.26. The second-order valence-electron chi connectivity index (χ2n) is 5.13. The van der Waals surface area contributed by atoms with Gasteiger partial charge in [0.05, 0.1) is 12.8 Å². The zero-order valence-electron chi connectivity index (χ0n) is 13.4. The van der Waals surface area contributed by atoms with Gasteiger partial charge in [0.15, 0.2) is 0 Å². The van der Waals surface area contributed by atoms with E-state index in [1.54, 1.807) is 22.7 Å². The van der Waals surface area contributed by atoms with Crippen molar-refractivity contribution in [2.45, 2.75) is 11.8 Å². The predicted molar refractivity (Wildman–Crippen MR) is 96.9 cm³/mol. The molecular formula is C18H18N4OS. The van der Waals surface area contributed by atoms with E-state index in [1.165, 1.54) is 23.1 Å². The van der Waals surface area contributed by atoms with Crippen LogP contribution in [-0.4, -0.2) is 33.4 Å². The molecule has 1 aromatic heterocycles. The lowest BCUT2D eigenvalue weighted by Crippen LogP contribution is -2.02. The monoisotopic (exact) mass is 338 g/mol. The van der Waals surface area contributed by atoms with E-state index in [-0.39, 0.29) is 0 Å². The molecule has 2 aromatic carbocycles. The summed E-state index contributed by atoms with van der Waals surface area (Å²) in [5, 5.41) is 11.7. The third kappa shape index (κ3) is 4.70. The number of rotatable bonds is 7. The van der Waals surface area contributed by atoms with Crippen LogP contribution in [0.25, 0.3) is 0 Å². The summed E-state index contributed by atoms with van der Waals surface area (Å²) in [6.07, 6.45) is 4.82. The zero-order valence-corrected chi connectivity index (χ0v) is 14.2. The van der Waals surface area contributed by atoms with E-state index in [0.29, 0.717) is 6.61 Å². The fourth-order valence-corrected chi connectivity index (χ4v) is 2.78. The van der Waals surface area contributed by atoms with Crippen molar-refractivity contribution < 1.29 is 4.74 Å². The Kier molecular flexibility index (Phi) is 5.63. The molecular weight excluding hydrogens is 320 g/mol. The van der Waals surface area contributed by atoms with Gasteiger partial charge in [-0.25, -0.2) is 4.68 Å². The van der Waals surface area contributed by atoms with Gasteiger partial charge in [-0.1, -0.05) is 29.8 Å². The molecule has 0 radical (unpaired) electrons. The molecule has 0 atom stereocenters. The summed E-state index contributed by atoms with van der Waals surface area (Å²) in [5.74, 6) is 1.71. The molecule has 24 heavy (non-hydrogen) atoms. The Labute approximate surface area is 145 Å². The Morgan fingerprint density at radius 3 is 2.62 bits per heavy atom. The SMILES string of the molecule is Cc1ccc(SCCOc2ccccc2C=Nn2cnnc2)cc1. The van der Waals surface area contributed by atoms with Crippen LogP contribution in [0.5, 0.6) is 5.75 Å². The highest BCUT2D eigenvalue weighted by Crippen LogP contribution is 2.20. The second-order valence-corrected chi connectivity index (χ2v) is 6.30. The van der Waals surface area contributed by atoms with Gasteiger partial charge in [-0.3, -0.25) is 0 Å². The summed E-state index contributed by atoms with van der Waals surface area (Å²) in [5.41, 5.74) is 2.20. The Morgan fingerprint density at radius 1 is 1.08 bits per heavy atom. The van der Waals surface area contributed by atoms with Crippen LogP contribution >= 0.6 is 11.8 Å². The van der Waals surface area contributed by atoms with Crippen LogP contribution in [0.15, 0.2) is 71.2 Å². The molecule has 3 aromatic rings. The molecule has 0 saturated heterocycles. The van der Waals surface area contributed by atoms with Crippen molar-refractivity contribution in [1.82, 2.24) is 14.9 Å². The van der Waals surface area contributed by atoms with Crippen molar-refractivity contribution in [1.29, 1.82) is 0 Å². The highest BCUT2D eigenvalue weighted by Gasteiger charge is 2.01. The van der Waals surface area contributed by atoms with E-state index < -0.39 is 0 Å². The van der Waals surface area contributed by atoms with Crippen LogP contribution in [0.1, 0.15) is 11.1 Å². The first-order valence-electron chi connectivity index (χ1n) is 7.61. The zero-order chi connectivity index (χ0) is 16.6. The van der Waals surface area contributed by atoms with Gasteiger partial charge in [-0.15, -0.1) is 22.0 Å². The summed E-state index contributed by atoms with van der Waals surface area (Å²) in [4.78, 5) is 1.26. The normalized spacial score (nSPS) is 11.0. The van der Waals surface area contributed by atoms with Crippen molar-refractivity contribution in [2.24, 2.45) is 5.10 Å². The average Bonchev–Trinajstić information content (AvgIpc) is 3.13. The van der Waals surface area contributed by atoms with E-state index in [9.17, 15) is 0 Å². The molecule has 3 rings (SSSR count). The van der Waals surface area contributed by atoms with Crippen LogP contribution in [0, 0.1) is 6.92 Å². The Bertz CT molecular complexity index is 785. The Hall–Kier alpha value is -2.60.